The Hall–Kier alpha value is -3.99. The first-order chi connectivity index (χ1) is 20.6. The van der Waals surface area contributed by atoms with E-state index in [2.05, 4.69) is 5.32 Å². The molecule has 4 rings (SSSR count). The van der Waals surface area contributed by atoms with Crippen molar-refractivity contribution in [2.75, 3.05) is 30.0 Å². The number of thiocarbonyl (C=S) groups is 1. The highest BCUT2D eigenvalue weighted by Gasteiger charge is 2.44. The van der Waals surface area contributed by atoms with E-state index in [4.69, 9.17) is 44.9 Å². The Balaban J connectivity index is 1.54. The van der Waals surface area contributed by atoms with Crippen LogP contribution in [0.1, 0.15) is 46.5 Å². The van der Waals surface area contributed by atoms with Crippen molar-refractivity contribution in [2.45, 2.75) is 32.7 Å². The topological polar surface area (TPSA) is 105 Å². The first-order valence-electron chi connectivity index (χ1n) is 13.6. The van der Waals surface area contributed by atoms with Gasteiger partial charge in [-0.25, -0.2) is 9.59 Å². The number of hydrogen-bond acceptors (Lipinski definition) is 7. The third-order valence-corrected chi connectivity index (χ3v) is 7.66. The number of rotatable bonds is 11. The standard InChI is InChI=1S/C31H29Cl2N3O6S/c1-3-41-29(39)20-6-11-23(12-7-20)34-27(37)18-26-28(38)36(24-13-8-21(9-14-24)30(40)42-4-2)31(43)35(26)16-15-19-5-10-22(32)17-25(19)33/h5-14,17,26H,3-4,15-16,18H2,1-2H3,(H,34,37)/t26-/m1/s1. The molecular weight excluding hydrogens is 613 g/mol. The zero-order valence-corrected chi connectivity index (χ0v) is 25.8. The predicted octanol–water partition coefficient (Wildman–Crippen LogP) is 5.92. The van der Waals surface area contributed by atoms with Crippen LogP contribution in [0.5, 0.6) is 0 Å². The van der Waals surface area contributed by atoms with Crippen LogP contribution in [0, 0.1) is 0 Å². The van der Waals surface area contributed by atoms with Gasteiger partial charge in [0.1, 0.15) is 6.04 Å². The van der Waals surface area contributed by atoms with Crippen molar-refractivity contribution in [2.24, 2.45) is 0 Å². The van der Waals surface area contributed by atoms with E-state index in [1.165, 1.54) is 4.90 Å². The van der Waals surface area contributed by atoms with E-state index in [1.807, 2.05) is 0 Å². The molecule has 12 heteroatoms. The molecule has 0 bridgehead atoms. The molecule has 1 aliphatic heterocycles. The summed E-state index contributed by atoms with van der Waals surface area (Å²) in [4.78, 5) is 54.0. The first kappa shape index (κ1) is 31.9. The molecule has 1 fully saturated rings. The zero-order valence-electron chi connectivity index (χ0n) is 23.5. The molecule has 0 aliphatic carbocycles. The van der Waals surface area contributed by atoms with Crippen LogP contribution in [0.15, 0.2) is 66.7 Å². The molecule has 1 atom stereocenters. The molecule has 1 heterocycles. The van der Waals surface area contributed by atoms with Crippen molar-refractivity contribution in [1.82, 2.24) is 4.90 Å². The molecule has 3 aromatic carbocycles. The van der Waals surface area contributed by atoms with Crippen LogP contribution in [0.3, 0.4) is 0 Å². The maximum Gasteiger partial charge on any atom is 0.338 e. The number of amides is 2. The second-order valence-electron chi connectivity index (χ2n) is 9.47. The van der Waals surface area contributed by atoms with Crippen LogP contribution >= 0.6 is 35.4 Å². The van der Waals surface area contributed by atoms with E-state index >= 15 is 0 Å². The molecule has 0 spiro atoms. The van der Waals surface area contributed by atoms with Gasteiger partial charge in [0.15, 0.2) is 5.11 Å². The normalized spacial score (nSPS) is 14.6. The highest BCUT2D eigenvalue weighted by molar-refractivity contribution is 7.80. The number of benzene rings is 3. The fraction of sp³-hybridized carbons (Fsp3) is 0.258. The van der Waals surface area contributed by atoms with Crippen LogP contribution in [0.4, 0.5) is 11.4 Å². The Morgan fingerprint density at radius 1 is 0.884 bits per heavy atom. The molecule has 9 nitrogen and oxygen atoms in total. The van der Waals surface area contributed by atoms with E-state index in [-0.39, 0.29) is 30.7 Å². The highest BCUT2D eigenvalue weighted by atomic mass is 35.5. The fourth-order valence-corrected chi connectivity index (χ4v) is 5.46. The molecule has 1 saturated heterocycles. The SMILES string of the molecule is CCOC(=O)c1ccc(NC(=O)C[C@@H]2C(=O)N(c3ccc(C(=O)OCC)cc3)C(=S)N2CCc2ccc(Cl)cc2Cl)cc1. The van der Waals surface area contributed by atoms with E-state index in [0.29, 0.717) is 45.5 Å². The summed E-state index contributed by atoms with van der Waals surface area (Å²) in [5, 5.41) is 3.98. The highest BCUT2D eigenvalue weighted by Crippen LogP contribution is 2.29. The van der Waals surface area contributed by atoms with Gasteiger partial charge in [-0.15, -0.1) is 0 Å². The molecule has 43 heavy (non-hydrogen) atoms. The van der Waals surface area contributed by atoms with Crippen LogP contribution in [-0.4, -0.2) is 59.6 Å². The molecule has 0 aromatic heterocycles. The van der Waals surface area contributed by atoms with E-state index in [1.54, 1.807) is 85.5 Å². The molecule has 1 N–H and O–H groups in total. The molecule has 0 radical (unpaired) electrons. The number of anilines is 2. The molecule has 3 aromatic rings. The van der Waals surface area contributed by atoms with Crippen molar-refractivity contribution in [1.29, 1.82) is 0 Å². The van der Waals surface area contributed by atoms with Gasteiger partial charge in [0.25, 0.3) is 5.91 Å². The maximum atomic E-state index is 13.8. The lowest BCUT2D eigenvalue weighted by Gasteiger charge is -2.24. The van der Waals surface area contributed by atoms with Crippen molar-refractivity contribution < 1.29 is 28.7 Å². The Morgan fingerprint density at radius 3 is 2.02 bits per heavy atom. The van der Waals surface area contributed by atoms with Gasteiger partial charge in [0.05, 0.1) is 36.4 Å². The van der Waals surface area contributed by atoms with Gasteiger partial charge in [0.2, 0.25) is 5.91 Å². The van der Waals surface area contributed by atoms with E-state index in [9.17, 15) is 19.2 Å². The summed E-state index contributed by atoms with van der Waals surface area (Å²) in [6, 6.07) is 16.9. The van der Waals surface area contributed by atoms with E-state index in [0.717, 1.165) is 5.56 Å². The fourth-order valence-electron chi connectivity index (χ4n) is 4.54. The number of carbonyl (C=O) groups is 4. The molecule has 1 aliphatic rings. The summed E-state index contributed by atoms with van der Waals surface area (Å²) in [6.07, 6.45) is 0.247. The monoisotopic (exact) mass is 641 g/mol. The van der Waals surface area contributed by atoms with Crippen LogP contribution in [0.2, 0.25) is 10.0 Å². The average Bonchev–Trinajstić information content (AvgIpc) is 3.21. The molecule has 0 saturated carbocycles. The van der Waals surface area contributed by atoms with Crippen molar-refractivity contribution >= 4 is 75.7 Å². The van der Waals surface area contributed by atoms with Crippen LogP contribution < -0.4 is 10.2 Å². The third-order valence-electron chi connectivity index (χ3n) is 6.65. The second kappa shape index (κ2) is 14.5. The van der Waals surface area contributed by atoms with Gasteiger partial charge in [-0.1, -0.05) is 29.3 Å². The number of hydrogen-bond donors (Lipinski definition) is 1. The van der Waals surface area contributed by atoms with Crippen molar-refractivity contribution in [3.63, 3.8) is 0 Å². The third kappa shape index (κ3) is 7.70. The lowest BCUT2D eigenvalue weighted by molar-refractivity contribution is -0.124. The Kier molecular flexibility index (Phi) is 10.7. The van der Waals surface area contributed by atoms with Gasteiger partial charge >= 0.3 is 11.9 Å². The van der Waals surface area contributed by atoms with E-state index < -0.39 is 23.9 Å². The summed E-state index contributed by atoms with van der Waals surface area (Å²) >= 11 is 18.2. The summed E-state index contributed by atoms with van der Waals surface area (Å²) in [5.41, 5.74) is 2.41. The minimum Gasteiger partial charge on any atom is -0.462 e. The molecule has 2 amide bonds. The first-order valence-corrected chi connectivity index (χ1v) is 14.7. The predicted molar refractivity (Wildman–Crippen MR) is 169 cm³/mol. The van der Waals surface area contributed by atoms with Gasteiger partial charge in [0, 0.05) is 22.3 Å². The van der Waals surface area contributed by atoms with Gasteiger partial charge in [-0.3, -0.25) is 14.5 Å². The van der Waals surface area contributed by atoms with Gasteiger partial charge < -0.3 is 19.7 Å². The summed E-state index contributed by atoms with van der Waals surface area (Å²) in [6.45, 7) is 4.22. The van der Waals surface area contributed by atoms with Crippen molar-refractivity contribution in [3.8, 4) is 0 Å². The quantitative estimate of drug-likeness (QED) is 0.203. The number of esters is 2. The van der Waals surface area contributed by atoms with Gasteiger partial charge in [-0.2, -0.15) is 0 Å². The average molecular weight is 643 g/mol. The number of ether oxygens (including phenoxy) is 2. The lowest BCUT2D eigenvalue weighted by atomic mass is 10.1. The summed E-state index contributed by atoms with van der Waals surface area (Å²) < 4.78 is 10.0. The van der Waals surface area contributed by atoms with Gasteiger partial charge in [-0.05, 0) is 98.7 Å². The zero-order chi connectivity index (χ0) is 31.1. The Labute approximate surface area is 264 Å². The molecular formula is C31H29Cl2N3O6S. The minimum atomic E-state index is -0.901. The Morgan fingerprint density at radius 2 is 1.47 bits per heavy atom. The minimum absolute atomic E-state index is 0.190. The Bertz CT molecular complexity index is 1530. The van der Waals surface area contributed by atoms with Crippen LogP contribution in [-0.2, 0) is 25.5 Å². The number of carbonyl (C=O) groups excluding carboxylic acids is 4. The van der Waals surface area contributed by atoms with Crippen LogP contribution in [0.25, 0.3) is 0 Å². The summed E-state index contributed by atoms with van der Waals surface area (Å²) in [7, 11) is 0. The number of nitrogens with zero attached hydrogens (tertiary/aromatic N) is 2. The lowest BCUT2D eigenvalue weighted by Crippen LogP contribution is -2.39. The summed E-state index contributed by atoms with van der Waals surface area (Å²) in [5.74, 6) is -1.74. The molecule has 0 unspecified atom stereocenters. The number of halogens is 2. The van der Waals surface area contributed by atoms with Crippen molar-refractivity contribution in [3.05, 3.63) is 93.5 Å². The smallest absolute Gasteiger partial charge is 0.338 e. The largest absolute Gasteiger partial charge is 0.462 e. The maximum absolute atomic E-state index is 13.8. The number of nitrogens with one attached hydrogen (secondary N) is 1. The molecule has 224 valence electrons. The second-order valence-corrected chi connectivity index (χ2v) is 10.7.